The monoisotopic (exact) mass is 1160 g/mol. The van der Waals surface area contributed by atoms with Crippen LogP contribution in [0.5, 0.6) is 0 Å². The van der Waals surface area contributed by atoms with E-state index in [9.17, 15) is 52.8 Å². The molecule has 0 radical (unpaired) electrons. The first-order valence-corrected chi connectivity index (χ1v) is 25.3. The van der Waals surface area contributed by atoms with E-state index in [4.69, 9.17) is 77.0 Å². The van der Waals surface area contributed by atoms with Gasteiger partial charge in [-0.15, -0.1) is 0 Å². The minimum atomic E-state index is -4.89. The molecule has 2 fully saturated rings. The number of rotatable bonds is 12. The molecule has 72 heavy (non-hydrogen) atoms. The molecule has 29 heteroatoms. The van der Waals surface area contributed by atoms with Crippen LogP contribution in [0, 0.1) is 0 Å². The van der Waals surface area contributed by atoms with E-state index in [0.29, 0.717) is 32.9 Å². The van der Waals surface area contributed by atoms with E-state index in [2.05, 4.69) is 29.1 Å². The fraction of sp³-hybridized carbons (Fsp3) is 0.442. The number of nitrogens with zero attached hydrogens (tertiary/aromatic N) is 5. The largest absolute Gasteiger partial charge is 0.417 e. The molecule has 2 aliphatic rings. The van der Waals surface area contributed by atoms with Gasteiger partial charge in [-0.25, -0.2) is 35.4 Å². The highest BCUT2D eigenvalue weighted by Gasteiger charge is 2.39. The Kier molecular flexibility index (Phi) is 22.7. The lowest BCUT2D eigenvalue weighted by molar-refractivity contribution is -0.138. The highest BCUT2D eigenvalue weighted by molar-refractivity contribution is 7.93. The van der Waals surface area contributed by atoms with Crippen molar-refractivity contribution in [3.05, 3.63) is 104 Å². The molecule has 4 unspecified atom stereocenters. The number of benzene rings is 2. The van der Waals surface area contributed by atoms with Crippen LogP contribution >= 0.6 is 58.0 Å². The summed E-state index contributed by atoms with van der Waals surface area (Å²) in [4.78, 5) is 32.7. The van der Waals surface area contributed by atoms with Crippen LogP contribution in [-0.2, 0) is 51.3 Å². The van der Waals surface area contributed by atoms with Crippen LogP contribution in [0.2, 0.25) is 20.1 Å². The Bertz CT molecular complexity index is 2740. The zero-order chi connectivity index (χ0) is 53.4. The number of alkyl halides is 6. The summed E-state index contributed by atoms with van der Waals surface area (Å²) < 4.78 is 154. The van der Waals surface area contributed by atoms with Gasteiger partial charge in [0.1, 0.15) is 19.2 Å². The van der Waals surface area contributed by atoms with E-state index in [-0.39, 0.29) is 59.8 Å². The molecular weight excluding hydrogens is 1120 g/mol. The van der Waals surface area contributed by atoms with Crippen LogP contribution in [0.1, 0.15) is 67.2 Å². The molecule has 1 N–H and O–H groups in total. The van der Waals surface area contributed by atoms with Crippen LogP contribution in [-0.4, -0.2) is 121 Å². The number of carbonyl (C=O) groups excluding carboxylic acids is 2. The van der Waals surface area contributed by atoms with Crippen LogP contribution in [0.3, 0.4) is 0 Å². The van der Waals surface area contributed by atoms with Crippen molar-refractivity contribution < 1.29 is 71.7 Å². The summed E-state index contributed by atoms with van der Waals surface area (Å²) in [6.07, 6.45) is -7.68. The number of carbonyl (C=O) groups is 2. The second-order valence-corrected chi connectivity index (χ2v) is 21.3. The Morgan fingerprint density at radius 1 is 0.722 bits per heavy atom. The lowest BCUT2D eigenvalue weighted by Gasteiger charge is -2.35. The molecule has 0 spiro atoms. The molecular formula is C43H49Cl5F6N6O10S2. The summed E-state index contributed by atoms with van der Waals surface area (Å²) in [5.74, 6) is -0.595. The van der Waals surface area contributed by atoms with Crippen molar-refractivity contribution in [2.75, 3.05) is 62.5 Å². The van der Waals surface area contributed by atoms with Crippen molar-refractivity contribution in [1.29, 1.82) is 0 Å². The third kappa shape index (κ3) is 16.1. The summed E-state index contributed by atoms with van der Waals surface area (Å²) >= 11 is 28.5. The Hall–Kier alpha value is -3.79. The number of morpholine rings is 2. The van der Waals surface area contributed by atoms with Gasteiger partial charge in [0.25, 0.3) is 31.2 Å². The molecule has 0 aliphatic carbocycles. The van der Waals surface area contributed by atoms with Gasteiger partial charge < -0.3 is 29.2 Å². The van der Waals surface area contributed by atoms with Gasteiger partial charge in [0, 0.05) is 52.3 Å². The molecule has 6 rings (SSSR count). The molecule has 2 aromatic heterocycles. The average molecular weight is 1170 g/mol. The van der Waals surface area contributed by atoms with Crippen molar-refractivity contribution in [2.45, 2.75) is 81.6 Å². The topological polar surface area (TPSA) is 187 Å². The minimum absolute atomic E-state index is 0. The molecule has 4 atom stereocenters. The summed E-state index contributed by atoms with van der Waals surface area (Å²) in [7, 11) is -7.00. The Morgan fingerprint density at radius 3 is 1.50 bits per heavy atom. The molecule has 4 heterocycles. The van der Waals surface area contributed by atoms with E-state index in [0.717, 1.165) is 56.8 Å². The Morgan fingerprint density at radius 2 is 1.14 bits per heavy atom. The quantitative estimate of drug-likeness (QED) is 0.0803. The number of pyridine rings is 2. The van der Waals surface area contributed by atoms with Gasteiger partial charge in [0.05, 0.1) is 77.3 Å². The number of sulfonamides is 2. The first kappa shape index (κ1) is 62.5. The van der Waals surface area contributed by atoms with Gasteiger partial charge in [0.2, 0.25) is 0 Å². The molecule has 16 nitrogen and oxygen atoms in total. The Balaban J connectivity index is 0.000000330. The SMILES string of the molecule is C.CC1COC(C)CN1.COCN(c1cc(Cl)cnc1C(=O)Cl)S(=O)(=O)c1ccc(Cl)c(C(F)(F)F)c1.COCN(c1cc(Cl)cnc1C(=O)N1CC(C)OC(C)C1)S(=O)(=O)c1ccc(Cl)c(C(F)(F)F)c1. The molecule has 2 aliphatic heterocycles. The van der Waals surface area contributed by atoms with Crippen molar-refractivity contribution in [2.24, 2.45) is 0 Å². The normalized spacial score (nSPS) is 18.4. The third-order valence-corrected chi connectivity index (χ3v) is 14.6. The van der Waals surface area contributed by atoms with Gasteiger partial charge in [-0.2, -0.15) is 26.3 Å². The van der Waals surface area contributed by atoms with Gasteiger partial charge in [0.15, 0.2) is 5.69 Å². The predicted molar refractivity (Wildman–Crippen MR) is 260 cm³/mol. The minimum Gasteiger partial charge on any atom is -0.376 e. The van der Waals surface area contributed by atoms with Gasteiger partial charge in [-0.05, 0) is 87.8 Å². The first-order chi connectivity index (χ1) is 32.9. The smallest absolute Gasteiger partial charge is 0.376 e. The van der Waals surface area contributed by atoms with Crippen molar-refractivity contribution in [3.63, 3.8) is 0 Å². The number of anilines is 2. The van der Waals surface area contributed by atoms with Crippen LogP contribution < -0.4 is 13.9 Å². The fourth-order valence-electron chi connectivity index (χ4n) is 6.63. The lowest BCUT2D eigenvalue weighted by Crippen LogP contribution is -2.48. The number of nitrogens with one attached hydrogen (secondary N) is 1. The molecule has 0 bridgehead atoms. The number of hydrogen-bond donors (Lipinski definition) is 1. The number of hydrogen-bond acceptors (Lipinski definition) is 13. The maximum atomic E-state index is 13.5. The Labute approximate surface area is 437 Å². The molecule has 4 aromatic rings. The second-order valence-electron chi connectivity index (χ2n) is 15.6. The standard InChI is InChI=1S/C21H22Cl2F3N3O5S.C15H10Cl3F3N2O4S.C6H13NO.CH4/c1-12-9-28(10-13(2)34-12)20(30)19-18(6-14(22)8-27-19)29(11-33-3)35(31,32)15-4-5-17(23)16(7-15)21(24,25)26;1-27-7-23(12-4-8(16)6-22-13(12)14(18)24)28(25,26)9-2-3-11(17)10(5-9)15(19,20)21;1-5-4-8-6(2)3-7-5;/h4-8,12-13H,9-11H2,1-3H3;2-6H,7H2,1H3;5-7H,3-4H2,1-2H3;1H4. The predicted octanol–water partition coefficient (Wildman–Crippen LogP) is 10.1. The number of aromatic nitrogens is 2. The van der Waals surface area contributed by atoms with Crippen LogP contribution in [0.4, 0.5) is 37.7 Å². The zero-order valence-electron chi connectivity index (χ0n) is 38.1. The van der Waals surface area contributed by atoms with Crippen LogP contribution in [0.25, 0.3) is 0 Å². The molecule has 0 saturated carbocycles. The van der Waals surface area contributed by atoms with E-state index in [1.807, 2.05) is 0 Å². The number of amides is 1. The summed E-state index contributed by atoms with van der Waals surface area (Å²) in [5.41, 5.74) is -4.02. The highest BCUT2D eigenvalue weighted by Crippen LogP contribution is 2.39. The maximum Gasteiger partial charge on any atom is 0.417 e. The molecule has 2 saturated heterocycles. The summed E-state index contributed by atoms with van der Waals surface area (Å²) in [5, 5.41) is 0.830. The van der Waals surface area contributed by atoms with E-state index in [1.165, 1.54) is 24.3 Å². The van der Waals surface area contributed by atoms with E-state index >= 15 is 0 Å². The summed E-state index contributed by atoms with van der Waals surface area (Å²) in [6, 6.07) is 7.05. The summed E-state index contributed by atoms with van der Waals surface area (Å²) in [6.45, 7) is 8.81. The van der Waals surface area contributed by atoms with Gasteiger partial charge in [-0.3, -0.25) is 9.59 Å². The van der Waals surface area contributed by atoms with E-state index in [1.54, 1.807) is 13.8 Å². The van der Waals surface area contributed by atoms with Crippen molar-refractivity contribution >= 4 is 101 Å². The fourth-order valence-corrected chi connectivity index (χ4v) is 10.3. The third-order valence-electron chi connectivity index (χ3n) is 9.84. The maximum absolute atomic E-state index is 13.5. The van der Waals surface area contributed by atoms with Crippen molar-refractivity contribution in [1.82, 2.24) is 20.2 Å². The molecule has 400 valence electrons. The number of halogens is 11. The zero-order valence-corrected chi connectivity index (χ0v) is 43.5. The molecule has 1 amide bonds. The molecule has 2 aromatic carbocycles. The second kappa shape index (κ2) is 26.1. The van der Waals surface area contributed by atoms with E-state index < -0.39 is 93.7 Å². The first-order valence-electron chi connectivity index (χ1n) is 20.5. The van der Waals surface area contributed by atoms with Crippen LogP contribution in [0.15, 0.2) is 70.7 Å². The average Bonchev–Trinajstić information content (AvgIpc) is 3.27. The lowest BCUT2D eigenvalue weighted by atomic mass is 10.2. The highest BCUT2D eigenvalue weighted by atomic mass is 35.5. The van der Waals surface area contributed by atoms with Crippen molar-refractivity contribution in [3.8, 4) is 0 Å². The van der Waals surface area contributed by atoms with Gasteiger partial charge in [-0.1, -0.05) is 53.8 Å². The number of methoxy groups -OCH3 is 2. The van der Waals surface area contributed by atoms with Gasteiger partial charge >= 0.3 is 12.4 Å². The number of ether oxygens (including phenoxy) is 4.